The van der Waals surface area contributed by atoms with Crippen molar-refractivity contribution >= 4 is 34.3 Å². The molecule has 14 heavy (non-hydrogen) atoms. The molecule has 4 heteroatoms. The molecule has 0 bridgehead atoms. The number of hydrogen-bond acceptors (Lipinski definition) is 3. The lowest BCUT2D eigenvalue weighted by Crippen LogP contribution is -2.41. The van der Waals surface area contributed by atoms with Crippen LogP contribution in [0.2, 0.25) is 0 Å². The number of fused-ring (bicyclic) bond motifs is 2. The van der Waals surface area contributed by atoms with Gasteiger partial charge in [0.1, 0.15) is 0 Å². The van der Waals surface area contributed by atoms with E-state index >= 15 is 0 Å². The molecule has 2 aliphatic heterocycles. The second kappa shape index (κ2) is 2.87. The molecule has 2 aliphatic rings. The number of hydrogen-bond donors (Lipinski definition) is 0. The summed E-state index contributed by atoms with van der Waals surface area (Å²) in [6.07, 6.45) is 1.81. The smallest absolute Gasteiger partial charge is 0.186 e. The van der Waals surface area contributed by atoms with Gasteiger partial charge in [-0.05, 0) is 17.9 Å². The van der Waals surface area contributed by atoms with Gasteiger partial charge in [0.15, 0.2) is 5.78 Å². The van der Waals surface area contributed by atoms with E-state index in [1.165, 1.54) is 4.88 Å². The number of carbonyl (C=O) groups excluding carboxylic acids is 1. The summed E-state index contributed by atoms with van der Waals surface area (Å²) in [5.74, 6) is 0.271. The molecule has 3 rings (SSSR count). The monoisotopic (exact) mass is 223 g/mol. The van der Waals surface area contributed by atoms with Crippen LogP contribution in [0.5, 0.6) is 0 Å². The molecular formula is C10H9NOS2. The summed E-state index contributed by atoms with van der Waals surface area (Å²) < 4.78 is 0. The van der Waals surface area contributed by atoms with Gasteiger partial charge in [-0.15, -0.1) is 11.3 Å². The lowest BCUT2D eigenvalue weighted by molar-refractivity contribution is 0.0878. The quantitative estimate of drug-likeness (QED) is 0.629. The van der Waals surface area contributed by atoms with Crippen LogP contribution in [0.15, 0.2) is 11.4 Å². The van der Waals surface area contributed by atoms with Crippen LogP contribution in [0, 0.1) is 0 Å². The Morgan fingerprint density at radius 3 is 3.29 bits per heavy atom. The van der Waals surface area contributed by atoms with Crippen molar-refractivity contribution in [2.24, 2.45) is 0 Å². The predicted octanol–water partition coefficient (Wildman–Crippen LogP) is 2.24. The molecule has 2 nitrogen and oxygen atoms in total. The van der Waals surface area contributed by atoms with Crippen molar-refractivity contribution < 1.29 is 4.79 Å². The Hall–Kier alpha value is -0.740. The molecule has 0 saturated carbocycles. The van der Waals surface area contributed by atoms with Gasteiger partial charge in [0.25, 0.3) is 0 Å². The molecule has 1 saturated heterocycles. The molecule has 1 aromatic heterocycles. The molecule has 0 radical (unpaired) electrons. The molecule has 0 aliphatic carbocycles. The van der Waals surface area contributed by atoms with Gasteiger partial charge in [-0.1, -0.05) is 12.2 Å². The van der Waals surface area contributed by atoms with E-state index < -0.39 is 0 Å². The summed E-state index contributed by atoms with van der Waals surface area (Å²) in [5.41, 5.74) is 0.931. The third-order valence-electron chi connectivity index (χ3n) is 2.96. The Balaban J connectivity index is 2.09. The van der Waals surface area contributed by atoms with Crippen molar-refractivity contribution in [3.05, 3.63) is 21.9 Å². The predicted molar refractivity (Wildman–Crippen MR) is 59.8 cm³/mol. The van der Waals surface area contributed by atoms with Gasteiger partial charge >= 0.3 is 0 Å². The Labute approximate surface area is 91.5 Å². The van der Waals surface area contributed by atoms with E-state index in [9.17, 15) is 4.79 Å². The molecule has 0 spiro atoms. The molecule has 72 valence electrons. The average molecular weight is 223 g/mol. The van der Waals surface area contributed by atoms with E-state index in [0.717, 1.165) is 29.9 Å². The number of ketones is 1. The van der Waals surface area contributed by atoms with Gasteiger partial charge < -0.3 is 4.90 Å². The average Bonchev–Trinajstić information content (AvgIpc) is 2.75. The van der Waals surface area contributed by atoms with Crippen LogP contribution in [0.4, 0.5) is 0 Å². The first-order chi connectivity index (χ1) is 6.77. The highest BCUT2D eigenvalue weighted by atomic mass is 32.1. The van der Waals surface area contributed by atoms with Crippen molar-refractivity contribution in [1.82, 2.24) is 4.90 Å². The Bertz CT molecular complexity index is 424. The van der Waals surface area contributed by atoms with Crippen molar-refractivity contribution in [2.45, 2.75) is 25.4 Å². The first-order valence-electron chi connectivity index (χ1n) is 4.67. The minimum Gasteiger partial charge on any atom is -0.351 e. The zero-order valence-corrected chi connectivity index (χ0v) is 9.16. The first kappa shape index (κ1) is 8.56. The Morgan fingerprint density at radius 2 is 2.43 bits per heavy atom. The number of Topliss-reactive ketones (excluding diaryl/α,β-unsaturated/α-hetero) is 1. The molecule has 1 unspecified atom stereocenters. The summed E-state index contributed by atoms with van der Waals surface area (Å²) in [4.78, 5) is 16.2. The maximum Gasteiger partial charge on any atom is 0.186 e. The molecule has 1 fully saturated rings. The van der Waals surface area contributed by atoms with E-state index in [2.05, 4.69) is 4.90 Å². The molecule has 0 amide bonds. The van der Waals surface area contributed by atoms with E-state index in [1.54, 1.807) is 11.3 Å². The maximum atomic E-state index is 12.0. The minimum absolute atomic E-state index is 0.0459. The second-order valence-corrected chi connectivity index (χ2v) is 5.17. The van der Waals surface area contributed by atoms with Crippen molar-refractivity contribution in [3.63, 3.8) is 0 Å². The lowest BCUT2D eigenvalue weighted by Gasteiger charge is -2.29. The number of carbonyl (C=O) groups is 1. The molecule has 1 aromatic rings. The third-order valence-corrected chi connectivity index (χ3v) is 4.30. The minimum atomic E-state index is 0.0459. The van der Waals surface area contributed by atoms with Gasteiger partial charge in [0, 0.05) is 16.9 Å². The highest BCUT2D eigenvalue weighted by Crippen LogP contribution is 2.33. The lowest BCUT2D eigenvalue weighted by atomic mass is 9.99. The van der Waals surface area contributed by atoms with Gasteiger partial charge in [0.05, 0.1) is 17.6 Å². The van der Waals surface area contributed by atoms with Crippen LogP contribution < -0.4 is 0 Å². The summed E-state index contributed by atoms with van der Waals surface area (Å²) >= 11 is 6.91. The van der Waals surface area contributed by atoms with E-state index in [0.29, 0.717) is 0 Å². The number of thiocarbonyl (C=S) groups is 1. The summed E-state index contributed by atoms with van der Waals surface area (Å²) in [5, 5.41) is 1.99. The van der Waals surface area contributed by atoms with Gasteiger partial charge in [-0.3, -0.25) is 4.79 Å². The van der Waals surface area contributed by atoms with E-state index in [4.69, 9.17) is 12.2 Å². The summed E-state index contributed by atoms with van der Waals surface area (Å²) in [6, 6.07) is 1.99. The van der Waals surface area contributed by atoms with E-state index in [-0.39, 0.29) is 11.8 Å². The van der Waals surface area contributed by atoms with Crippen molar-refractivity contribution in [2.75, 3.05) is 0 Å². The Kier molecular flexibility index (Phi) is 1.76. The van der Waals surface area contributed by atoms with Gasteiger partial charge in [-0.25, -0.2) is 0 Å². The largest absolute Gasteiger partial charge is 0.351 e. The van der Waals surface area contributed by atoms with Crippen LogP contribution >= 0.6 is 23.6 Å². The fraction of sp³-hybridized carbons (Fsp3) is 0.400. The second-order valence-electron chi connectivity index (χ2n) is 3.70. The van der Waals surface area contributed by atoms with Crippen LogP contribution in [0.1, 0.15) is 28.1 Å². The summed E-state index contributed by atoms with van der Waals surface area (Å²) in [6.45, 7) is 0.849. The third kappa shape index (κ3) is 1.01. The van der Waals surface area contributed by atoms with Crippen LogP contribution in [0.3, 0.4) is 0 Å². The van der Waals surface area contributed by atoms with Gasteiger partial charge in [0.2, 0.25) is 0 Å². The molecule has 0 aromatic carbocycles. The molecule has 1 atom stereocenters. The van der Waals surface area contributed by atoms with Crippen molar-refractivity contribution in [1.29, 1.82) is 0 Å². The van der Waals surface area contributed by atoms with E-state index in [1.807, 2.05) is 11.4 Å². The fourth-order valence-electron chi connectivity index (χ4n) is 2.22. The zero-order valence-electron chi connectivity index (χ0n) is 7.53. The normalized spacial score (nSPS) is 25.1. The number of nitrogens with zero attached hydrogens (tertiary/aromatic N) is 1. The maximum absolute atomic E-state index is 12.0. The van der Waals surface area contributed by atoms with Gasteiger partial charge in [-0.2, -0.15) is 0 Å². The number of rotatable bonds is 0. The SMILES string of the molecule is O=C1c2ccsc2CN2C(=S)CCC12. The molecule has 3 heterocycles. The fourth-order valence-corrected chi connectivity index (χ4v) is 3.41. The molecular weight excluding hydrogens is 214 g/mol. The topological polar surface area (TPSA) is 20.3 Å². The standard InChI is InChI=1S/C10H9NOS2/c12-10-6-3-4-14-8(6)5-11-7(10)1-2-9(11)13/h3-4,7H,1-2,5H2. The van der Waals surface area contributed by atoms with Crippen LogP contribution in [0.25, 0.3) is 0 Å². The van der Waals surface area contributed by atoms with Crippen LogP contribution in [-0.2, 0) is 6.54 Å². The van der Waals surface area contributed by atoms with Crippen LogP contribution in [-0.4, -0.2) is 21.7 Å². The first-order valence-corrected chi connectivity index (χ1v) is 5.96. The highest BCUT2D eigenvalue weighted by molar-refractivity contribution is 7.80. The zero-order chi connectivity index (χ0) is 9.71. The number of thiophene rings is 1. The Morgan fingerprint density at radius 1 is 1.57 bits per heavy atom. The molecule has 0 N–H and O–H groups in total. The van der Waals surface area contributed by atoms with Crippen molar-refractivity contribution in [3.8, 4) is 0 Å². The summed E-state index contributed by atoms with van der Waals surface area (Å²) in [7, 11) is 0. The highest BCUT2D eigenvalue weighted by Gasteiger charge is 2.39.